The summed E-state index contributed by atoms with van der Waals surface area (Å²) in [4.78, 5) is 17.6. The van der Waals surface area contributed by atoms with Crippen molar-refractivity contribution in [3.63, 3.8) is 0 Å². The van der Waals surface area contributed by atoms with Crippen LogP contribution in [0.2, 0.25) is 0 Å². The Morgan fingerprint density at radius 2 is 2.11 bits per heavy atom. The summed E-state index contributed by atoms with van der Waals surface area (Å²) in [5, 5.41) is 3.02. The van der Waals surface area contributed by atoms with Crippen molar-refractivity contribution in [1.82, 2.24) is 10.3 Å². The molecule has 1 aromatic heterocycles. The lowest BCUT2D eigenvalue weighted by atomic mass is 10.2. The van der Waals surface area contributed by atoms with E-state index in [4.69, 9.17) is 4.42 Å². The molecule has 0 unspecified atom stereocenters. The van der Waals surface area contributed by atoms with Crippen molar-refractivity contribution in [3.8, 4) is 11.5 Å². The Labute approximate surface area is 104 Å². The topological polar surface area (TPSA) is 58.4 Å². The second kappa shape index (κ2) is 4.62. The quantitative estimate of drug-likeness (QED) is 0.863. The molecule has 1 fully saturated rings. The molecular formula is C13H13N3O2. The maximum atomic E-state index is 11.7. The van der Waals surface area contributed by atoms with Gasteiger partial charge in [0.15, 0.2) is 0 Å². The first-order valence-electron chi connectivity index (χ1n) is 5.87. The standard InChI is InChI=1S/C13H13N3O2/c17-11-8-14-6-7-16(11)12-9-15-13(18-12)10-4-2-1-3-5-10/h1-5,9,14H,6-8H2. The minimum absolute atomic E-state index is 0.0111. The molecule has 1 saturated heterocycles. The number of aromatic nitrogens is 1. The number of carbonyl (C=O) groups is 1. The summed E-state index contributed by atoms with van der Waals surface area (Å²) in [5.74, 6) is 1.06. The van der Waals surface area contributed by atoms with Crippen LogP contribution < -0.4 is 10.2 Å². The van der Waals surface area contributed by atoms with Crippen LogP contribution in [-0.4, -0.2) is 30.5 Å². The molecule has 5 heteroatoms. The van der Waals surface area contributed by atoms with Crippen LogP contribution in [0.5, 0.6) is 0 Å². The van der Waals surface area contributed by atoms with E-state index in [2.05, 4.69) is 10.3 Å². The lowest BCUT2D eigenvalue weighted by Gasteiger charge is -2.24. The fourth-order valence-electron chi connectivity index (χ4n) is 1.94. The second-order valence-electron chi connectivity index (χ2n) is 4.09. The number of benzene rings is 1. The maximum Gasteiger partial charge on any atom is 0.243 e. The van der Waals surface area contributed by atoms with Gasteiger partial charge in [0.1, 0.15) is 0 Å². The zero-order valence-electron chi connectivity index (χ0n) is 9.80. The molecule has 3 rings (SSSR count). The minimum atomic E-state index is 0.0111. The highest BCUT2D eigenvalue weighted by atomic mass is 16.4. The van der Waals surface area contributed by atoms with E-state index in [-0.39, 0.29) is 5.91 Å². The number of carbonyl (C=O) groups excluding carboxylic acids is 1. The Balaban J connectivity index is 1.87. The van der Waals surface area contributed by atoms with Crippen LogP contribution in [0.1, 0.15) is 0 Å². The number of nitrogens with zero attached hydrogens (tertiary/aromatic N) is 2. The van der Waals surface area contributed by atoms with Gasteiger partial charge in [0.25, 0.3) is 0 Å². The molecule has 0 radical (unpaired) electrons. The summed E-state index contributed by atoms with van der Waals surface area (Å²) < 4.78 is 5.65. The highest BCUT2D eigenvalue weighted by Gasteiger charge is 2.22. The first kappa shape index (κ1) is 11.0. The van der Waals surface area contributed by atoms with Crippen LogP contribution in [0.4, 0.5) is 5.88 Å². The van der Waals surface area contributed by atoms with Gasteiger partial charge >= 0.3 is 0 Å². The van der Waals surface area contributed by atoms with Crippen LogP contribution in [0.15, 0.2) is 40.9 Å². The summed E-state index contributed by atoms with van der Waals surface area (Å²) in [6.07, 6.45) is 1.60. The molecule has 1 aliphatic rings. The lowest BCUT2D eigenvalue weighted by molar-refractivity contribution is -0.118. The van der Waals surface area contributed by atoms with Crippen molar-refractivity contribution in [2.45, 2.75) is 0 Å². The number of piperazine rings is 1. The largest absolute Gasteiger partial charge is 0.420 e. The molecule has 0 saturated carbocycles. The van der Waals surface area contributed by atoms with Crippen LogP contribution in [0, 0.1) is 0 Å². The normalized spacial score (nSPS) is 16.0. The first-order chi connectivity index (χ1) is 8.84. The van der Waals surface area contributed by atoms with Crippen LogP contribution >= 0.6 is 0 Å². The third-order valence-corrected chi connectivity index (χ3v) is 2.87. The van der Waals surface area contributed by atoms with E-state index in [1.807, 2.05) is 30.3 Å². The van der Waals surface area contributed by atoms with Gasteiger partial charge in [-0.2, -0.15) is 0 Å². The smallest absolute Gasteiger partial charge is 0.243 e. The minimum Gasteiger partial charge on any atom is -0.420 e. The van der Waals surface area contributed by atoms with Gasteiger partial charge in [-0.05, 0) is 12.1 Å². The summed E-state index contributed by atoms with van der Waals surface area (Å²) in [5.41, 5.74) is 0.909. The highest BCUT2D eigenvalue weighted by molar-refractivity contribution is 5.94. The SMILES string of the molecule is O=C1CNCCN1c1cnc(-c2ccccc2)o1. The molecule has 1 amide bonds. The van der Waals surface area contributed by atoms with E-state index < -0.39 is 0 Å². The van der Waals surface area contributed by atoms with Crippen molar-refractivity contribution in [2.75, 3.05) is 24.5 Å². The van der Waals surface area contributed by atoms with Gasteiger partial charge in [0, 0.05) is 18.7 Å². The Kier molecular flexibility index (Phi) is 2.82. The van der Waals surface area contributed by atoms with Crippen molar-refractivity contribution in [2.24, 2.45) is 0 Å². The number of hydrogen-bond acceptors (Lipinski definition) is 4. The molecule has 0 aliphatic carbocycles. The number of rotatable bonds is 2. The van der Waals surface area contributed by atoms with E-state index in [1.54, 1.807) is 11.1 Å². The van der Waals surface area contributed by atoms with Gasteiger partial charge in [-0.3, -0.25) is 9.69 Å². The number of anilines is 1. The number of amides is 1. The zero-order chi connectivity index (χ0) is 12.4. The van der Waals surface area contributed by atoms with Gasteiger partial charge in [-0.1, -0.05) is 18.2 Å². The molecule has 2 heterocycles. The Hall–Kier alpha value is -2.14. The number of oxazole rings is 1. The summed E-state index contributed by atoms with van der Waals surface area (Å²) in [6, 6.07) is 9.64. The predicted octanol–water partition coefficient (Wildman–Crippen LogP) is 1.28. The van der Waals surface area contributed by atoms with Crippen LogP contribution in [0.25, 0.3) is 11.5 Å². The maximum absolute atomic E-state index is 11.7. The average molecular weight is 243 g/mol. The Morgan fingerprint density at radius 1 is 1.28 bits per heavy atom. The van der Waals surface area contributed by atoms with E-state index in [0.717, 1.165) is 12.1 Å². The highest BCUT2D eigenvalue weighted by Crippen LogP contribution is 2.24. The third-order valence-electron chi connectivity index (χ3n) is 2.87. The molecule has 5 nitrogen and oxygen atoms in total. The second-order valence-corrected chi connectivity index (χ2v) is 4.09. The first-order valence-corrected chi connectivity index (χ1v) is 5.87. The van der Waals surface area contributed by atoms with Crippen molar-refractivity contribution < 1.29 is 9.21 Å². The Morgan fingerprint density at radius 3 is 2.89 bits per heavy atom. The molecule has 0 bridgehead atoms. The molecule has 1 aromatic carbocycles. The van der Waals surface area contributed by atoms with Gasteiger partial charge in [0.2, 0.25) is 17.7 Å². The van der Waals surface area contributed by atoms with E-state index >= 15 is 0 Å². The molecule has 92 valence electrons. The monoisotopic (exact) mass is 243 g/mol. The molecule has 2 aromatic rings. The summed E-state index contributed by atoms with van der Waals surface area (Å²) in [7, 11) is 0. The van der Waals surface area contributed by atoms with Crippen molar-refractivity contribution in [1.29, 1.82) is 0 Å². The van der Waals surface area contributed by atoms with Gasteiger partial charge in [0.05, 0.1) is 12.7 Å². The molecule has 1 N–H and O–H groups in total. The van der Waals surface area contributed by atoms with E-state index in [9.17, 15) is 4.79 Å². The summed E-state index contributed by atoms with van der Waals surface area (Å²) in [6.45, 7) is 1.73. The lowest BCUT2D eigenvalue weighted by Crippen LogP contribution is -2.48. The fraction of sp³-hybridized carbons (Fsp3) is 0.231. The molecular weight excluding hydrogens is 230 g/mol. The number of hydrogen-bond donors (Lipinski definition) is 1. The Bertz CT molecular complexity index is 550. The molecule has 0 spiro atoms. The fourth-order valence-corrected chi connectivity index (χ4v) is 1.94. The van der Waals surface area contributed by atoms with E-state index in [0.29, 0.717) is 24.9 Å². The van der Waals surface area contributed by atoms with Crippen LogP contribution in [-0.2, 0) is 4.79 Å². The molecule has 18 heavy (non-hydrogen) atoms. The molecule has 1 aliphatic heterocycles. The van der Waals surface area contributed by atoms with E-state index in [1.165, 1.54) is 0 Å². The third kappa shape index (κ3) is 2.00. The number of nitrogens with one attached hydrogen (secondary N) is 1. The summed E-state index contributed by atoms with van der Waals surface area (Å²) >= 11 is 0. The van der Waals surface area contributed by atoms with Crippen LogP contribution in [0.3, 0.4) is 0 Å². The van der Waals surface area contributed by atoms with Gasteiger partial charge < -0.3 is 9.73 Å². The molecule has 0 atom stereocenters. The zero-order valence-corrected chi connectivity index (χ0v) is 9.80. The van der Waals surface area contributed by atoms with Crippen molar-refractivity contribution >= 4 is 11.8 Å². The predicted molar refractivity (Wildman–Crippen MR) is 67.2 cm³/mol. The van der Waals surface area contributed by atoms with Gasteiger partial charge in [-0.25, -0.2) is 4.98 Å². The van der Waals surface area contributed by atoms with Gasteiger partial charge in [-0.15, -0.1) is 0 Å². The average Bonchev–Trinajstić information content (AvgIpc) is 2.90. The van der Waals surface area contributed by atoms with Crippen molar-refractivity contribution in [3.05, 3.63) is 36.5 Å².